The normalized spacial score (nSPS) is 15.6. The highest BCUT2D eigenvalue weighted by molar-refractivity contribution is 5.83. The van der Waals surface area contributed by atoms with Gasteiger partial charge in [-0.15, -0.1) is 0 Å². The number of carbonyl (C=O) groups excluding carboxylic acids is 1. The van der Waals surface area contributed by atoms with Gasteiger partial charge >= 0.3 is 5.97 Å². The smallest absolute Gasteiger partial charge is 0.308 e. The highest BCUT2D eigenvalue weighted by Gasteiger charge is 2.43. The van der Waals surface area contributed by atoms with E-state index in [1.807, 2.05) is 55.6 Å². The van der Waals surface area contributed by atoms with Crippen LogP contribution in [0, 0.1) is 0 Å². The van der Waals surface area contributed by atoms with Gasteiger partial charge in [-0.1, -0.05) is 36.4 Å². The van der Waals surface area contributed by atoms with Crippen LogP contribution in [0.1, 0.15) is 36.6 Å². The number of aryl methyl sites for hydroxylation is 1. The fourth-order valence-electron chi connectivity index (χ4n) is 5.76. The molecule has 4 heterocycles. The lowest BCUT2D eigenvalue weighted by atomic mass is 9.85. The van der Waals surface area contributed by atoms with Gasteiger partial charge in [-0.25, -0.2) is 4.98 Å². The van der Waals surface area contributed by atoms with Gasteiger partial charge in [0.15, 0.2) is 5.76 Å². The number of nitrogens with zero attached hydrogens (tertiary/aromatic N) is 2. The van der Waals surface area contributed by atoms with Crippen LogP contribution in [0.3, 0.4) is 0 Å². The minimum atomic E-state index is -0.875. The third kappa shape index (κ3) is 5.73. The molecule has 1 N–H and O–H groups in total. The van der Waals surface area contributed by atoms with E-state index in [1.54, 1.807) is 6.26 Å². The number of aromatic nitrogens is 2. The first-order valence-electron chi connectivity index (χ1n) is 14.3. The molecular formula is C33H35N3O5. The molecule has 0 saturated carbocycles. The van der Waals surface area contributed by atoms with Crippen LogP contribution in [-0.2, 0) is 43.8 Å². The van der Waals surface area contributed by atoms with Gasteiger partial charge in [0.1, 0.15) is 23.4 Å². The lowest BCUT2D eigenvalue weighted by molar-refractivity contribution is -0.145. The van der Waals surface area contributed by atoms with Gasteiger partial charge in [-0.3, -0.25) is 4.79 Å². The number of carbonyl (C=O) groups is 1. The number of benzene rings is 2. The second-order valence-electron chi connectivity index (χ2n) is 10.4. The molecule has 2 aliphatic rings. The maximum Gasteiger partial charge on any atom is 0.308 e. The number of esters is 1. The van der Waals surface area contributed by atoms with Crippen molar-refractivity contribution in [1.82, 2.24) is 9.55 Å². The minimum absolute atomic E-state index is 0.0929. The van der Waals surface area contributed by atoms with Crippen LogP contribution in [0.2, 0.25) is 0 Å². The van der Waals surface area contributed by atoms with Crippen molar-refractivity contribution in [2.45, 2.75) is 44.6 Å². The average Bonchev–Trinajstić information content (AvgIpc) is 3.69. The molecule has 8 heteroatoms. The van der Waals surface area contributed by atoms with Crippen LogP contribution in [-0.4, -0.2) is 42.1 Å². The van der Waals surface area contributed by atoms with Gasteiger partial charge < -0.3 is 28.8 Å². The Morgan fingerprint density at radius 1 is 1.12 bits per heavy atom. The molecule has 212 valence electrons. The molecule has 0 fully saturated rings. The monoisotopic (exact) mass is 553 g/mol. The van der Waals surface area contributed by atoms with Gasteiger partial charge in [-0.05, 0) is 61.2 Å². The van der Waals surface area contributed by atoms with Crippen molar-refractivity contribution in [2.75, 3.05) is 31.9 Å². The number of rotatable bonds is 11. The summed E-state index contributed by atoms with van der Waals surface area (Å²) in [4.78, 5) is 17.8. The second-order valence-corrected chi connectivity index (χ2v) is 10.4. The number of ether oxygens (including phenoxy) is 4. The first-order chi connectivity index (χ1) is 20.1. The van der Waals surface area contributed by atoms with E-state index in [-0.39, 0.29) is 19.2 Å². The number of hydrogen-bond donors (Lipinski definition) is 1. The summed E-state index contributed by atoms with van der Waals surface area (Å²) in [6.07, 6.45) is 7.19. The number of anilines is 1. The van der Waals surface area contributed by atoms with Gasteiger partial charge in [-0.2, -0.15) is 0 Å². The highest BCUT2D eigenvalue weighted by Crippen LogP contribution is 2.40. The molecule has 0 amide bonds. The molecular weight excluding hydrogens is 518 g/mol. The SMILES string of the molecule is CCOC(=O)CC(Cc1ccccc1)(C1=COCO1)n1ccc2cc(OCCc3ccc4c(n3)NCCC4)ccc21. The summed E-state index contributed by atoms with van der Waals surface area (Å²) in [5, 5.41) is 4.40. The van der Waals surface area contributed by atoms with Gasteiger partial charge in [0, 0.05) is 42.2 Å². The molecule has 6 rings (SSSR count). The van der Waals surface area contributed by atoms with Gasteiger partial charge in [0.05, 0.1) is 19.6 Å². The van der Waals surface area contributed by atoms with E-state index in [4.69, 9.17) is 23.9 Å². The zero-order valence-corrected chi connectivity index (χ0v) is 23.3. The number of allylic oxidation sites excluding steroid dienone is 1. The van der Waals surface area contributed by atoms with Crippen molar-refractivity contribution in [3.05, 3.63) is 102 Å². The van der Waals surface area contributed by atoms with Crippen LogP contribution in [0.15, 0.2) is 84.9 Å². The van der Waals surface area contributed by atoms with E-state index >= 15 is 0 Å². The fraction of sp³-hybridized carbons (Fsp3) is 0.333. The predicted octanol–water partition coefficient (Wildman–Crippen LogP) is 5.75. The summed E-state index contributed by atoms with van der Waals surface area (Å²) < 4.78 is 25.2. The van der Waals surface area contributed by atoms with Gasteiger partial charge in [0.2, 0.25) is 6.79 Å². The van der Waals surface area contributed by atoms with Gasteiger partial charge in [0.25, 0.3) is 0 Å². The van der Waals surface area contributed by atoms with Crippen LogP contribution in [0.5, 0.6) is 5.75 Å². The Morgan fingerprint density at radius 2 is 2.02 bits per heavy atom. The molecule has 1 unspecified atom stereocenters. The van der Waals surface area contributed by atoms with Crippen molar-refractivity contribution >= 4 is 22.7 Å². The lowest BCUT2D eigenvalue weighted by Gasteiger charge is -2.35. The van der Waals surface area contributed by atoms with Crippen LogP contribution in [0.25, 0.3) is 10.9 Å². The first kappa shape index (κ1) is 26.7. The molecule has 1 atom stereocenters. The minimum Gasteiger partial charge on any atom is -0.493 e. The Bertz CT molecular complexity index is 1550. The van der Waals surface area contributed by atoms with E-state index in [1.165, 1.54) is 5.56 Å². The van der Waals surface area contributed by atoms with Crippen molar-refractivity contribution in [1.29, 1.82) is 0 Å². The second kappa shape index (κ2) is 12.0. The van der Waals surface area contributed by atoms with Crippen LogP contribution < -0.4 is 10.1 Å². The fourth-order valence-corrected chi connectivity index (χ4v) is 5.76. The molecule has 0 radical (unpaired) electrons. The molecule has 0 bridgehead atoms. The molecule has 0 spiro atoms. The number of pyridine rings is 1. The summed E-state index contributed by atoms with van der Waals surface area (Å²) in [6.45, 7) is 3.73. The first-order valence-corrected chi connectivity index (χ1v) is 14.3. The molecule has 41 heavy (non-hydrogen) atoms. The molecule has 2 aliphatic heterocycles. The van der Waals surface area contributed by atoms with Crippen molar-refractivity contribution in [3.63, 3.8) is 0 Å². The molecule has 2 aromatic heterocycles. The summed E-state index contributed by atoms with van der Waals surface area (Å²) in [5.41, 5.74) is 3.45. The summed E-state index contributed by atoms with van der Waals surface area (Å²) in [5.74, 6) is 2.09. The standard InChI is InChI=1S/C33H35N3O5/c1-2-39-31(37)21-33(30-22-38-23-41-30,20-24-7-4-3-5-8-24)36-17-14-26-19-28(12-13-29(26)36)40-18-15-27-11-10-25-9-6-16-34-32(25)35-27/h3-5,7-8,10-14,17,19,22H,2,6,9,15-16,18,20-21,23H2,1H3,(H,34,35). The van der Waals surface area contributed by atoms with E-state index in [9.17, 15) is 4.79 Å². The Balaban J connectivity index is 1.27. The van der Waals surface area contributed by atoms with Crippen LogP contribution in [0.4, 0.5) is 5.82 Å². The molecule has 0 aliphatic carbocycles. The summed E-state index contributed by atoms with van der Waals surface area (Å²) >= 11 is 0. The maximum absolute atomic E-state index is 13.0. The largest absolute Gasteiger partial charge is 0.493 e. The quantitative estimate of drug-likeness (QED) is 0.237. The van der Waals surface area contributed by atoms with E-state index < -0.39 is 5.54 Å². The van der Waals surface area contributed by atoms with Crippen molar-refractivity contribution < 1.29 is 23.7 Å². The Labute approximate surface area is 239 Å². The Kier molecular flexibility index (Phi) is 7.80. The van der Waals surface area contributed by atoms with Crippen molar-refractivity contribution in [2.24, 2.45) is 0 Å². The summed E-state index contributed by atoms with van der Waals surface area (Å²) in [6, 6.07) is 22.4. The number of fused-ring (bicyclic) bond motifs is 2. The number of hydrogen-bond acceptors (Lipinski definition) is 7. The maximum atomic E-state index is 13.0. The molecule has 4 aromatic rings. The predicted molar refractivity (Wildman–Crippen MR) is 157 cm³/mol. The zero-order chi connectivity index (χ0) is 28.1. The molecule has 0 saturated heterocycles. The van der Waals surface area contributed by atoms with E-state index in [0.29, 0.717) is 25.4 Å². The van der Waals surface area contributed by atoms with E-state index in [2.05, 4.69) is 34.1 Å². The third-order valence-corrected chi connectivity index (χ3v) is 7.71. The highest BCUT2D eigenvalue weighted by atomic mass is 16.7. The topological polar surface area (TPSA) is 83.8 Å². The zero-order valence-electron chi connectivity index (χ0n) is 23.3. The number of nitrogens with one attached hydrogen (secondary N) is 1. The van der Waals surface area contributed by atoms with E-state index in [0.717, 1.165) is 59.5 Å². The molecule has 2 aromatic carbocycles. The van der Waals surface area contributed by atoms with Crippen molar-refractivity contribution in [3.8, 4) is 5.75 Å². The Hall–Kier alpha value is -4.46. The average molecular weight is 554 g/mol. The lowest BCUT2D eigenvalue weighted by Crippen LogP contribution is -2.40. The molecule has 8 nitrogen and oxygen atoms in total. The third-order valence-electron chi connectivity index (χ3n) is 7.71. The van der Waals surface area contributed by atoms with Crippen LogP contribution >= 0.6 is 0 Å². The summed E-state index contributed by atoms with van der Waals surface area (Å²) in [7, 11) is 0. The Morgan fingerprint density at radius 3 is 2.85 bits per heavy atom.